The Bertz CT molecular complexity index is 497. The van der Waals surface area contributed by atoms with Gasteiger partial charge < -0.3 is 0 Å². The minimum Gasteiger partial charge on any atom is -0.293 e. The van der Waals surface area contributed by atoms with Gasteiger partial charge in [-0.05, 0) is 30.2 Å². The average Bonchev–Trinajstić information content (AvgIpc) is 2.41. The van der Waals surface area contributed by atoms with Crippen molar-refractivity contribution in [3.8, 4) is 0 Å². The summed E-state index contributed by atoms with van der Waals surface area (Å²) < 4.78 is 12.6. The Morgan fingerprint density at radius 1 is 1.17 bits per heavy atom. The van der Waals surface area contributed by atoms with Gasteiger partial charge in [0.25, 0.3) is 0 Å². The molecule has 2 rings (SSSR count). The Labute approximate surface area is 107 Å². The predicted molar refractivity (Wildman–Crippen MR) is 70.0 cm³/mol. The molecule has 2 nitrogen and oxygen atoms in total. The molecule has 0 fully saturated rings. The number of carbonyl (C=O) groups excluding carboxylic acids is 1. The normalized spacial score (nSPS) is 9.28. The number of pyridine rings is 1. The lowest BCUT2D eigenvalue weighted by molar-refractivity contribution is 0.101. The number of ketones is 1. The highest BCUT2D eigenvalue weighted by Gasteiger charge is 1.95. The summed E-state index contributed by atoms with van der Waals surface area (Å²) in [6.07, 6.45) is 2.38. The molecule has 0 aliphatic carbocycles. The zero-order valence-electron chi connectivity index (χ0n) is 10.6. The van der Waals surface area contributed by atoms with Crippen molar-refractivity contribution in [1.82, 2.24) is 4.98 Å². The van der Waals surface area contributed by atoms with Crippen molar-refractivity contribution in [2.45, 2.75) is 20.3 Å². The Kier molecular flexibility index (Phi) is 5.71. The second-order valence-electron chi connectivity index (χ2n) is 3.72. The Balaban J connectivity index is 0.000000180. The molecule has 0 saturated heterocycles. The van der Waals surface area contributed by atoms with E-state index in [4.69, 9.17) is 0 Å². The quantitative estimate of drug-likeness (QED) is 0.755. The van der Waals surface area contributed by atoms with Gasteiger partial charge in [0.2, 0.25) is 0 Å². The van der Waals surface area contributed by atoms with Gasteiger partial charge in [0.05, 0.1) is 0 Å². The maximum Gasteiger partial charge on any atom is 0.178 e. The van der Waals surface area contributed by atoms with E-state index in [0.29, 0.717) is 5.69 Å². The lowest BCUT2D eigenvalue weighted by Gasteiger charge is -1.94. The lowest BCUT2D eigenvalue weighted by Crippen LogP contribution is -1.93. The Morgan fingerprint density at radius 3 is 2.22 bits per heavy atom. The second-order valence-corrected chi connectivity index (χ2v) is 3.72. The van der Waals surface area contributed by atoms with E-state index in [1.807, 2.05) is 13.0 Å². The van der Waals surface area contributed by atoms with Gasteiger partial charge in [-0.1, -0.05) is 31.2 Å². The van der Waals surface area contributed by atoms with Crippen LogP contribution in [0, 0.1) is 5.82 Å². The fourth-order valence-corrected chi connectivity index (χ4v) is 1.36. The third-order valence-electron chi connectivity index (χ3n) is 2.36. The number of rotatable bonds is 2. The molecule has 0 N–H and O–H groups in total. The molecule has 18 heavy (non-hydrogen) atoms. The highest BCUT2D eigenvalue weighted by molar-refractivity contribution is 5.91. The van der Waals surface area contributed by atoms with E-state index in [2.05, 4.69) is 4.98 Å². The first kappa shape index (κ1) is 14.0. The molecule has 0 aliphatic rings. The molecule has 0 spiro atoms. The molecule has 0 amide bonds. The number of halogens is 1. The summed E-state index contributed by atoms with van der Waals surface area (Å²) in [7, 11) is 0. The molecular weight excluding hydrogens is 229 g/mol. The van der Waals surface area contributed by atoms with Crippen molar-refractivity contribution in [2.75, 3.05) is 0 Å². The van der Waals surface area contributed by atoms with E-state index in [1.165, 1.54) is 13.0 Å². The molecule has 0 unspecified atom stereocenters. The molecule has 94 valence electrons. The molecule has 0 radical (unpaired) electrons. The van der Waals surface area contributed by atoms with Crippen molar-refractivity contribution in [1.29, 1.82) is 0 Å². The molecule has 1 heterocycles. The zero-order valence-corrected chi connectivity index (χ0v) is 10.6. The maximum absolute atomic E-state index is 12.6. The van der Waals surface area contributed by atoms with Gasteiger partial charge in [-0.25, -0.2) is 4.39 Å². The maximum atomic E-state index is 12.6. The van der Waals surface area contributed by atoms with Crippen LogP contribution in [-0.2, 0) is 6.42 Å². The SMILES string of the molecule is CC(=O)c1ccccn1.CCc1ccccc1F. The third-order valence-corrected chi connectivity index (χ3v) is 2.36. The van der Waals surface area contributed by atoms with E-state index in [1.54, 1.807) is 36.5 Å². The van der Waals surface area contributed by atoms with Crippen molar-refractivity contribution in [3.05, 3.63) is 65.7 Å². The average molecular weight is 245 g/mol. The van der Waals surface area contributed by atoms with Gasteiger partial charge in [-0.15, -0.1) is 0 Å². The molecule has 1 aromatic carbocycles. The van der Waals surface area contributed by atoms with Crippen LogP contribution in [0.3, 0.4) is 0 Å². The first-order valence-corrected chi connectivity index (χ1v) is 5.80. The summed E-state index contributed by atoms with van der Waals surface area (Å²) in [4.78, 5) is 14.4. The van der Waals surface area contributed by atoms with Gasteiger partial charge in [-0.3, -0.25) is 9.78 Å². The molecule has 0 aliphatic heterocycles. The smallest absolute Gasteiger partial charge is 0.178 e. The molecule has 2 aromatic rings. The predicted octanol–water partition coefficient (Wildman–Crippen LogP) is 3.67. The van der Waals surface area contributed by atoms with Crippen LogP contribution in [0.25, 0.3) is 0 Å². The third kappa shape index (κ3) is 4.45. The van der Waals surface area contributed by atoms with Crippen LogP contribution in [0.1, 0.15) is 29.9 Å². The number of benzene rings is 1. The first-order chi connectivity index (χ1) is 8.65. The van der Waals surface area contributed by atoms with E-state index in [0.717, 1.165) is 12.0 Å². The minimum atomic E-state index is -0.0972. The summed E-state index contributed by atoms with van der Waals surface area (Å²) in [5.74, 6) is -0.0874. The summed E-state index contributed by atoms with van der Waals surface area (Å²) in [6.45, 7) is 3.45. The summed E-state index contributed by atoms with van der Waals surface area (Å²) >= 11 is 0. The van der Waals surface area contributed by atoms with Crippen LogP contribution in [0.15, 0.2) is 48.7 Å². The summed E-state index contributed by atoms with van der Waals surface area (Å²) in [6, 6.07) is 12.1. The number of carbonyl (C=O) groups is 1. The Morgan fingerprint density at radius 2 is 1.83 bits per heavy atom. The van der Waals surface area contributed by atoms with Crippen LogP contribution in [0.5, 0.6) is 0 Å². The van der Waals surface area contributed by atoms with Gasteiger partial charge >= 0.3 is 0 Å². The highest BCUT2D eigenvalue weighted by Crippen LogP contribution is 2.05. The number of hydrogen-bond donors (Lipinski definition) is 0. The molecule has 0 bridgehead atoms. The van der Waals surface area contributed by atoms with Gasteiger partial charge in [0.1, 0.15) is 11.5 Å². The van der Waals surface area contributed by atoms with E-state index in [9.17, 15) is 9.18 Å². The van der Waals surface area contributed by atoms with Gasteiger partial charge in [-0.2, -0.15) is 0 Å². The summed E-state index contributed by atoms with van der Waals surface area (Å²) in [5, 5.41) is 0. The topological polar surface area (TPSA) is 30.0 Å². The van der Waals surface area contributed by atoms with Crippen LogP contribution >= 0.6 is 0 Å². The van der Waals surface area contributed by atoms with Gasteiger partial charge in [0, 0.05) is 13.1 Å². The van der Waals surface area contributed by atoms with Crippen molar-refractivity contribution in [2.24, 2.45) is 0 Å². The van der Waals surface area contributed by atoms with Gasteiger partial charge in [0.15, 0.2) is 5.78 Å². The molecule has 0 atom stereocenters. The molecular formula is C15H16FNO. The molecule has 1 aromatic heterocycles. The number of Topliss-reactive ketones (excluding diaryl/α,β-unsaturated/α-hetero) is 1. The first-order valence-electron chi connectivity index (χ1n) is 5.80. The minimum absolute atomic E-state index is 0.00981. The Hall–Kier alpha value is -2.03. The van der Waals surface area contributed by atoms with Crippen molar-refractivity contribution >= 4 is 5.78 Å². The van der Waals surface area contributed by atoms with Crippen LogP contribution < -0.4 is 0 Å². The van der Waals surface area contributed by atoms with E-state index >= 15 is 0 Å². The monoisotopic (exact) mass is 245 g/mol. The number of hydrogen-bond acceptors (Lipinski definition) is 2. The fourth-order valence-electron chi connectivity index (χ4n) is 1.36. The highest BCUT2D eigenvalue weighted by atomic mass is 19.1. The fraction of sp³-hybridized carbons (Fsp3) is 0.200. The second kappa shape index (κ2) is 7.33. The van der Waals surface area contributed by atoms with E-state index in [-0.39, 0.29) is 11.6 Å². The van der Waals surface area contributed by atoms with Crippen LogP contribution in [0.2, 0.25) is 0 Å². The van der Waals surface area contributed by atoms with Crippen LogP contribution in [0.4, 0.5) is 4.39 Å². The van der Waals surface area contributed by atoms with E-state index < -0.39 is 0 Å². The number of aromatic nitrogens is 1. The standard InChI is InChI=1S/C8H9F.C7H7NO/c1-2-7-5-3-4-6-8(7)9;1-6(9)7-4-2-3-5-8-7/h3-6H,2H2,1H3;2-5H,1H3. The number of nitrogens with zero attached hydrogens (tertiary/aromatic N) is 1. The van der Waals surface area contributed by atoms with Crippen molar-refractivity contribution < 1.29 is 9.18 Å². The largest absolute Gasteiger partial charge is 0.293 e. The number of aryl methyl sites for hydroxylation is 1. The van der Waals surface area contributed by atoms with Crippen LogP contribution in [-0.4, -0.2) is 10.8 Å². The lowest BCUT2D eigenvalue weighted by atomic mass is 10.2. The molecule has 3 heteroatoms. The zero-order chi connectivity index (χ0) is 13.4. The summed E-state index contributed by atoms with van der Waals surface area (Å²) in [5.41, 5.74) is 1.31. The van der Waals surface area contributed by atoms with Crippen molar-refractivity contribution in [3.63, 3.8) is 0 Å². The molecule has 0 saturated carbocycles.